The van der Waals surface area contributed by atoms with Crippen molar-refractivity contribution in [3.05, 3.63) is 53.1 Å². The van der Waals surface area contributed by atoms with Crippen molar-refractivity contribution in [2.24, 2.45) is 0 Å². The van der Waals surface area contributed by atoms with Gasteiger partial charge in [0, 0.05) is 20.1 Å². The number of nitrogens with one attached hydrogen (secondary N) is 1. The number of hydrogen-bond donors (Lipinski definition) is 1. The zero-order valence-corrected chi connectivity index (χ0v) is 18.3. The lowest BCUT2D eigenvalue weighted by Gasteiger charge is -2.22. The number of aryl methyl sites for hydroxylation is 1. The summed E-state index contributed by atoms with van der Waals surface area (Å²) in [5.41, 5.74) is 2.12. The minimum atomic E-state index is -3.66. The molecule has 0 saturated carbocycles. The molecule has 0 aromatic heterocycles. The molecule has 0 saturated heterocycles. The van der Waals surface area contributed by atoms with E-state index in [4.69, 9.17) is 9.47 Å². The topological polar surface area (TPSA) is 84.9 Å². The molecule has 1 N–H and O–H groups in total. The van der Waals surface area contributed by atoms with E-state index in [0.29, 0.717) is 40.5 Å². The number of rotatable bonds is 8. The summed E-state index contributed by atoms with van der Waals surface area (Å²) in [4.78, 5) is 12.1. The molecule has 0 radical (unpaired) electrons. The van der Waals surface area contributed by atoms with Gasteiger partial charge in [0.2, 0.25) is 10.0 Å². The van der Waals surface area contributed by atoms with Gasteiger partial charge in [-0.2, -0.15) is 0 Å². The van der Waals surface area contributed by atoms with Crippen molar-refractivity contribution in [1.82, 2.24) is 9.62 Å². The standard InChI is InChI=1S/C21H28N2O5S/c1-15-14-19(27-5)16(2)17(3)20(15)29(25,26)23(4)13-9-12-22-21(24)28-18-10-7-6-8-11-18/h6-8,10-11,14H,9,12-13H2,1-5H3,(H,22,24). The first kappa shape index (κ1) is 22.7. The molecule has 2 aromatic rings. The Morgan fingerprint density at radius 3 is 2.38 bits per heavy atom. The van der Waals surface area contributed by atoms with Gasteiger partial charge in [-0.25, -0.2) is 17.5 Å². The maximum absolute atomic E-state index is 13.1. The van der Waals surface area contributed by atoms with Crippen LogP contribution in [0.5, 0.6) is 11.5 Å². The third-order valence-corrected chi connectivity index (χ3v) is 6.89. The Morgan fingerprint density at radius 1 is 1.10 bits per heavy atom. The molecule has 0 aliphatic rings. The van der Waals surface area contributed by atoms with E-state index in [1.54, 1.807) is 51.3 Å². The van der Waals surface area contributed by atoms with Gasteiger partial charge in [0.25, 0.3) is 0 Å². The smallest absolute Gasteiger partial charge is 0.412 e. The van der Waals surface area contributed by atoms with Crippen molar-refractivity contribution >= 4 is 16.1 Å². The van der Waals surface area contributed by atoms with Crippen LogP contribution >= 0.6 is 0 Å². The van der Waals surface area contributed by atoms with Gasteiger partial charge in [-0.05, 0) is 62.1 Å². The number of benzene rings is 2. The van der Waals surface area contributed by atoms with Crippen LogP contribution in [0.4, 0.5) is 4.79 Å². The number of methoxy groups -OCH3 is 1. The summed E-state index contributed by atoms with van der Waals surface area (Å²) < 4.78 is 37.9. The van der Waals surface area contributed by atoms with Crippen LogP contribution in [0.2, 0.25) is 0 Å². The molecule has 7 nitrogen and oxygen atoms in total. The van der Waals surface area contributed by atoms with Gasteiger partial charge >= 0.3 is 6.09 Å². The average molecular weight is 421 g/mol. The monoisotopic (exact) mass is 420 g/mol. The maximum Gasteiger partial charge on any atom is 0.412 e. The molecule has 0 unspecified atom stereocenters. The zero-order valence-electron chi connectivity index (χ0n) is 17.5. The van der Waals surface area contributed by atoms with Crippen molar-refractivity contribution in [2.45, 2.75) is 32.1 Å². The van der Waals surface area contributed by atoms with Crippen LogP contribution in [-0.4, -0.2) is 46.1 Å². The van der Waals surface area contributed by atoms with Gasteiger partial charge in [0.15, 0.2) is 0 Å². The van der Waals surface area contributed by atoms with Crippen LogP contribution in [0.3, 0.4) is 0 Å². The van der Waals surface area contributed by atoms with Crippen molar-refractivity contribution in [3.8, 4) is 11.5 Å². The minimum absolute atomic E-state index is 0.262. The normalized spacial score (nSPS) is 11.4. The van der Waals surface area contributed by atoms with Gasteiger partial charge < -0.3 is 14.8 Å². The highest BCUT2D eigenvalue weighted by atomic mass is 32.2. The number of carbonyl (C=O) groups is 1. The Morgan fingerprint density at radius 2 is 1.76 bits per heavy atom. The van der Waals surface area contributed by atoms with Crippen LogP contribution in [-0.2, 0) is 10.0 Å². The Labute approximate surface area is 172 Å². The van der Waals surface area contributed by atoms with Crippen LogP contribution in [0, 0.1) is 20.8 Å². The third kappa shape index (κ3) is 5.48. The van der Waals surface area contributed by atoms with E-state index >= 15 is 0 Å². The molecule has 2 rings (SSSR count). The number of amides is 1. The summed E-state index contributed by atoms with van der Waals surface area (Å²) in [6.07, 6.45) is -0.119. The molecule has 29 heavy (non-hydrogen) atoms. The van der Waals surface area contributed by atoms with Gasteiger partial charge in [0.1, 0.15) is 11.5 Å². The van der Waals surface area contributed by atoms with Crippen LogP contribution < -0.4 is 14.8 Å². The average Bonchev–Trinajstić information content (AvgIpc) is 2.68. The van der Waals surface area contributed by atoms with Crippen molar-refractivity contribution in [1.29, 1.82) is 0 Å². The molecule has 0 heterocycles. The molecule has 8 heteroatoms. The van der Waals surface area contributed by atoms with E-state index < -0.39 is 16.1 Å². The highest BCUT2D eigenvalue weighted by molar-refractivity contribution is 7.89. The first-order valence-electron chi connectivity index (χ1n) is 9.30. The Bertz CT molecular complexity index is 959. The van der Waals surface area contributed by atoms with E-state index in [1.165, 1.54) is 11.4 Å². The highest BCUT2D eigenvalue weighted by Crippen LogP contribution is 2.31. The van der Waals surface area contributed by atoms with Crippen LogP contribution in [0.25, 0.3) is 0 Å². The summed E-state index contributed by atoms with van der Waals surface area (Å²) in [5, 5.41) is 2.63. The van der Waals surface area contributed by atoms with Crippen LogP contribution in [0.1, 0.15) is 23.1 Å². The van der Waals surface area contributed by atoms with E-state index in [2.05, 4.69) is 5.32 Å². The molecule has 0 bridgehead atoms. The molecule has 1 amide bonds. The highest BCUT2D eigenvalue weighted by Gasteiger charge is 2.26. The molecule has 0 atom stereocenters. The lowest BCUT2D eigenvalue weighted by molar-refractivity contribution is 0.200. The predicted molar refractivity (Wildman–Crippen MR) is 112 cm³/mol. The van der Waals surface area contributed by atoms with E-state index in [-0.39, 0.29) is 6.54 Å². The van der Waals surface area contributed by atoms with Crippen LogP contribution in [0.15, 0.2) is 41.3 Å². The van der Waals surface area contributed by atoms with Crippen molar-refractivity contribution < 1.29 is 22.7 Å². The minimum Gasteiger partial charge on any atom is -0.496 e. The fourth-order valence-corrected chi connectivity index (χ4v) is 4.72. The van der Waals surface area contributed by atoms with Gasteiger partial charge in [0.05, 0.1) is 12.0 Å². The second kappa shape index (κ2) is 9.76. The summed E-state index contributed by atoms with van der Waals surface area (Å²) in [5.74, 6) is 1.12. The predicted octanol–water partition coefficient (Wildman–Crippen LogP) is 3.42. The fraction of sp³-hybridized carbons (Fsp3) is 0.381. The molecule has 0 aliphatic carbocycles. The fourth-order valence-electron chi connectivity index (χ4n) is 3.03. The molecule has 158 valence electrons. The largest absolute Gasteiger partial charge is 0.496 e. The van der Waals surface area contributed by atoms with Crippen molar-refractivity contribution in [2.75, 3.05) is 27.2 Å². The summed E-state index contributed by atoms with van der Waals surface area (Å²) in [7, 11) is -0.559. The number of carbonyl (C=O) groups excluding carboxylic acids is 1. The van der Waals surface area contributed by atoms with Crippen molar-refractivity contribution in [3.63, 3.8) is 0 Å². The first-order valence-corrected chi connectivity index (χ1v) is 10.7. The van der Waals surface area contributed by atoms with Gasteiger partial charge in [-0.15, -0.1) is 0 Å². The third-order valence-electron chi connectivity index (χ3n) is 4.74. The Balaban J connectivity index is 1.96. The molecular formula is C21H28N2O5S. The van der Waals surface area contributed by atoms with E-state index in [0.717, 1.165) is 5.56 Å². The Hall–Kier alpha value is -2.58. The molecule has 0 spiro atoms. The molecule has 2 aromatic carbocycles. The lowest BCUT2D eigenvalue weighted by atomic mass is 10.1. The SMILES string of the molecule is COc1cc(C)c(S(=O)(=O)N(C)CCCNC(=O)Oc2ccccc2)c(C)c1C. The molecule has 0 fully saturated rings. The second-order valence-electron chi connectivity index (χ2n) is 6.78. The number of para-hydroxylation sites is 1. The Kier molecular flexibility index (Phi) is 7.64. The second-order valence-corrected chi connectivity index (χ2v) is 8.77. The number of sulfonamides is 1. The van der Waals surface area contributed by atoms with Gasteiger partial charge in [-0.1, -0.05) is 18.2 Å². The number of ether oxygens (including phenoxy) is 2. The quantitative estimate of drug-likeness (QED) is 0.662. The van der Waals surface area contributed by atoms with E-state index in [9.17, 15) is 13.2 Å². The number of nitrogens with zero attached hydrogens (tertiary/aromatic N) is 1. The summed E-state index contributed by atoms with van der Waals surface area (Å²) >= 11 is 0. The summed E-state index contributed by atoms with van der Waals surface area (Å²) in [6, 6.07) is 10.5. The lowest BCUT2D eigenvalue weighted by Crippen LogP contribution is -2.33. The van der Waals surface area contributed by atoms with Gasteiger partial charge in [-0.3, -0.25) is 0 Å². The first-order chi connectivity index (χ1) is 13.7. The molecule has 0 aliphatic heterocycles. The zero-order chi connectivity index (χ0) is 21.6. The maximum atomic E-state index is 13.1. The number of hydrogen-bond acceptors (Lipinski definition) is 5. The summed E-state index contributed by atoms with van der Waals surface area (Å²) in [6.45, 7) is 5.95. The molecular weight excluding hydrogens is 392 g/mol. The van der Waals surface area contributed by atoms with E-state index in [1.807, 2.05) is 13.0 Å².